The van der Waals surface area contributed by atoms with Gasteiger partial charge in [-0.2, -0.15) is 0 Å². The van der Waals surface area contributed by atoms with Crippen LogP contribution in [0.3, 0.4) is 0 Å². The minimum Gasteiger partial charge on any atom is -0.462 e. The largest absolute Gasteiger partial charge is 0.462 e. The molecule has 0 aromatic heterocycles. The number of carbonyl (C=O) groups is 1. The molecule has 15 heavy (non-hydrogen) atoms. The first kappa shape index (κ1) is 10.9. The molecule has 0 spiro atoms. The Morgan fingerprint density at radius 3 is 2.60 bits per heavy atom. The first-order chi connectivity index (χ1) is 7.27. The van der Waals surface area contributed by atoms with E-state index in [4.69, 9.17) is 9.47 Å². The Balaban J connectivity index is 1.74. The standard InChI is InChI=1S/C11H19NO3/c1-8(9-6-12-7-9)11(13)15-10-2-4-14-5-3-10/h8-10,12H,2-7H2,1H3. The topological polar surface area (TPSA) is 47.6 Å². The molecule has 0 bridgehead atoms. The Morgan fingerprint density at radius 2 is 2.07 bits per heavy atom. The van der Waals surface area contributed by atoms with Crippen LogP contribution in [-0.4, -0.2) is 38.4 Å². The summed E-state index contributed by atoms with van der Waals surface area (Å²) in [6.45, 7) is 5.30. The van der Waals surface area contributed by atoms with Crippen LogP contribution in [0.15, 0.2) is 0 Å². The van der Waals surface area contributed by atoms with Crippen LogP contribution in [0.2, 0.25) is 0 Å². The van der Waals surface area contributed by atoms with Crippen LogP contribution in [0.5, 0.6) is 0 Å². The number of rotatable bonds is 3. The van der Waals surface area contributed by atoms with E-state index in [0.717, 1.165) is 39.1 Å². The average Bonchev–Trinajstić information content (AvgIpc) is 2.16. The van der Waals surface area contributed by atoms with Gasteiger partial charge in [0.05, 0.1) is 19.1 Å². The van der Waals surface area contributed by atoms with Gasteiger partial charge in [0.15, 0.2) is 0 Å². The number of hydrogen-bond donors (Lipinski definition) is 1. The van der Waals surface area contributed by atoms with Gasteiger partial charge in [-0.05, 0) is 19.0 Å². The van der Waals surface area contributed by atoms with Gasteiger partial charge >= 0.3 is 5.97 Å². The molecule has 0 aromatic rings. The summed E-state index contributed by atoms with van der Waals surface area (Å²) in [7, 11) is 0. The molecule has 2 rings (SSSR count). The van der Waals surface area contributed by atoms with E-state index >= 15 is 0 Å². The van der Waals surface area contributed by atoms with Gasteiger partial charge in [-0.25, -0.2) is 0 Å². The summed E-state index contributed by atoms with van der Waals surface area (Å²) in [5.74, 6) is 0.472. The van der Waals surface area contributed by atoms with Gasteiger partial charge in [0.1, 0.15) is 6.10 Å². The zero-order chi connectivity index (χ0) is 10.7. The van der Waals surface area contributed by atoms with E-state index in [1.807, 2.05) is 6.92 Å². The van der Waals surface area contributed by atoms with Crippen molar-refractivity contribution in [3.05, 3.63) is 0 Å². The fraction of sp³-hybridized carbons (Fsp3) is 0.909. The molecular weight excluding hydrogens is 194 g/mol. The molecule has 2 heterocycles. The smallest absolute Gasteiger partial charge is 0.309 e. The van der Waals surface area contributed by atoms with Crippen LogP contribution in [0.4, 0.5) is 0 Å². The Hall–Kier alpha value is -0.610. The predicted octanol–water partition coefficient (Wildman–Crippen LogP) is 0.564. The molecule has 0 aliphatic carbocycles. The molecule has 1 unspecified atom stereocenters. The van der Waals surface area contributed by atoms with E-state index in [1.165, 1.54) is 0 Å². The van der Waals surface area contributed by atoms with Gasteiger partial charge in [0, 0.05) is 12.8 Å². The Bertz CT molecular complexity index is 222. The molecule has 0 aromatic carbocycles. The van der Waals surface area contributed by atoms with Gasteiger partial charge in [0.25, 0.3) is 0 Å². The molecular formula is C11H19NO3. The highest BCUT2D eigenvalue weighted by Crippen LogP contribution is 2.20. The van der Waals surface area contributed by atoms with Crippen molar-refractivity contribution in [1.82, 2.24) is 5.32 Å². The maximum absolute atomic E-state index is 11.8. The number of ether oxygens (including phenoxy) is 2. The molecule has 2 fully saturated rings. The second kappa shape index (κ2) is 4.94. The number of esters is 1. The van der Waals surface area contributed by atoms with E-state index in [2.05, 4.69) is 5.32 Å². The quantitative estimate of drug-likeness (QED) is 0.696. The highest BCUT2D eigenvalue weighted by atomic mass is 16.6. The summed E-state index contributed by atoms with van der Waals surface area (Å²) >= 11 is 0. The van der Waals surface area contributed by atoms with Gasteiger partial charge in [-0.3, -0.25) is 4.79 Å². The summed E-state index contributed by atoms with van der Waals surface area (Å²) in [5, 5.41) is 3.17. The summed E-state index contributed by atoms with van der Waals surface area (Å²) in [6, 6.07) is 0. The second-order valence-electron chi connectivity index (χ2n) is 4.46. The van der Waals surface area contributed by atoms with Crippen molar-refractivity contribution in [1.29, 1.82) is 0 Å². The van der Waals surface area contributed by atoms with E-state index in [-0.39, 0.29) is 18.0 Å². The van der Waals surface area contributed by atoms with Crippen molar-refractivity contribution >= 4 is 5.97 Å². The van der Waals surface area contributed by atoms with E-state index < -0.39 is 0 Å². The van der Waals surface area contributed by atoms with Gasteiger partial charge < -0.3 is 14.8 Å². The van der Waals surface area contributed by atoms with Gasteiger partial charge in [-0.1, -0.05) is 6.92 Å². The SMILES string of the molecule is CC(C(=O)OC1CCOCC1)C1CNC1. The molecule has 2 aliphatic rings. The summed E-state index contributed by atoms with van der Waals surface area (Å²) in [6.07, 6.45) is 1.78. The minimum absolute atomic E-state index is 0.0339. The minimum atomic E-state index is -0.0339. The van der Waals surface area contributed by atoms with Crippen LogP contribution in [0.25, 0.3) is 0 Å². The van der Waals surface area contributed by atoms with E-state index in [9.17, 15) is 4.79 Å². The van der Waals surface area contributed by atoms with Crippen LogP contribution in [0, 0.1) is 11.8 Å². The molecule has 0 radical (unpaired) electrons. The second-order valence-corrected chi connectivity index (χ2v) is 4.46. The summed E-state index contributed by atoms with van der Waals surface area (Å²) in [5.41, 5.74) is 0. The lowest BCUT2D eigenvalue weighted by atomic mass is 9.89. The normalized spacial score (nSPS) is 25.7. The maximum atomic E-state index is 11.8. The summed E-state index contributed by atoms with van der Waals surface area (Å²) in [4.78, 5) is 11.8. The number of carbonyl (C=O) groups excluding carboxylic acids is 1. The highest BCUT2D eigenvalue weighted by Gasteiger charge is 2.31. The number of hydrogen-bond acceptors (Lipinski definition) is 4. The number of nitrogens with one attached hydrogen (secondary N) is 1. The lowest BCUT2D eigenvalue weighted by molar-refractivity contribution is -0.160. The van der Waals surface area contributed by atoms with Crippen molar-refractivity contribution in [3.8, 4) is 0 Å². The van der Waals surface area contributed by atoms with Crippen molar-refractivity contribution < 1.29 is 14.3 Å². The Morgan fingerprint density at radius 1 is 1.40 bits per heavy atom. The molecule has 4 nitrogen and oxygen atoms in total. The molecule has 4 heteroatoms. The fourth-order valence-electron chi connectivity index (χ4n) is 1.92. The van der Waals surface area contributed by atoms with Crippen LogP contribution >= 0.6 is 0 Å². The third-order valence-corrected chi connectivity index (χ3v) is 3.34. The van der Waals surface area contributed by atoms with E-state index in [1.54, 1.807) is 0 Å². The molecule has 2 aliphatic heterocycles. The third kappa shape index (κ3) is 2.69. The predicted molar refractivity (Wildman–Crippen MR) is 55.5 cm³/mol. The van der Waals surface area contributed by atoms with Crippen molar-refractivity contribution in [2.75, 3.05) is 26.3 Å². The highest BCUT2D eigenvalue weighted by molar-refractivity contribution is 5.72. The Kier molecular flexibility index (Phi) is 3.59. The molecule has 0 amide bonds. The zero-order valence-electron chi connectivity index (χ0n) is 9.20. The van der Waals surface area contributed by atoms with Crippen molar-refractivity contribution in [2.45, 2.75) is 25.9 Å². The molecule has 0 saturated carbocycles. The van der Waals surface area contributed by atoms with Crippen LogP contribution in [-0.2, 0) is 14.3 Å². The van der Waals surface area contributed by atoms with Crippen LogP contribution < -0.4 is 5.32 Å². The van der Waals surface area contributed by atoms with Gasteiger partial charge in [-0.15, -0.1) is 0 Å². The lowest BCUT2D eigenvalue weighted by Gasteiger charge is -2.32. The maximum Gasteiger partial charge on any atom is 0.309 e. The first-order valence-electron chi connectivity index (χ1n) is 5.76. The monoisotopic (exact) mass is 213 g/mol. The average molecular weight is 213 g/mol. The lowest BCUT2D eigenvalue weighted by Crippen LogP contribution is -2.48. The molecule has 1 atom stereocenters. The fourth-order valence-corrected chi connectivity index (χ4v) is 1.92. The van der Waals surface area contributed by atoms with Crippen LogP contribution in [0.1, 0.15) is 19.8 Å². The molecule has 1 N–H and O–H groups in total. The van der Waals surface area contributed by atoms with E-state index in [0.29, 0.717) is 5.92 Å². The Labute approximate surface area is 90.3 Å². The van der Waals surface area contributed by atoms with Gasteiger partial charge in [0.2, 0.25) is 0 Å². The third-order valence-electron chi connectivity index (χ3n) is 3.34. The molecule has 2 saturated heterocycles. The summed E-state index contributed by atoms with van der Waals surface area (Å²) < 4.78 is 10.7. The zero-order valence-corrected chi connectivity index (χ0v) is 9.20. The first-order valence-corrected chi connectivity index (χ1v) is 5.76. The van der Waals surface area contributed by atoms with Crippen molar-refractivity contribution in [2.24, 2.45) is 11.8 Å². The molecule has 86 valence electrons. The van der Waals surface area contributed by atoms with Crippen molar-refractivity contribution in [3.63, 3.8) is 0 Å².